The van der Waals surface area contributed by atoms with Crippen LogP contribution in [0.3, 0.4) is 0 Å². The molecule has 3 heteroatoms. The van der Waals surface area contributed by atoms with Gasteiger partial charge in [0.05, 0.1) is 0 Å². The molecule has 1 aliphatic rings. The third kappa shape index (κ3) is 8.75. The Hall–Kier alpha value is -2.84. The fourth-order valence-electron chi connectivity index (χ4n) is 8.55. The van der Waals surface area contributed by atoms with Crippen LogP contribution in [0, 0.1) is 5.41 Å². The van der Waals surface area contributed by atoms with Crippen molar-refractivity contribution in [1.29, 1.82) is 0 Å². The molecule has 0 saturated carbocycles. The second-order valence-electron chi connectivity index (χ2n) is 14.6. The van der Waals surface area contributed by atoms with Gasteiger partial charge in [0.1, 0.15) is 0 Å². The van der Waals surface area contributed by atoms with Gasteiger partial charge in [0.2, 0.25) is 0 Å². The molecule has 0 radical (unpaired) electrons. The fraction of sp³-hybridized carbons (Fsp3) is 0.429. The van der Waals surface area contributed by atoms with Crippen molar-refractivity contribution in [3.8, 4) is 0 Å². The molecular weight excluding hydrogens is 826 g/mol. The zero-order valence-corrected chi connectivity index (χ0v) is 37.3. The van der Waals surface area contributed by atoms with E-state index in [1.54, 1.807) is 12.1 Å². The first-order chi connectivity index (χ1) is 25.3. The molecule has 4 aromatic rings. The van der Waals surface area contributed by atoms with Crippen LogP contribution in [0.4, 0.5) is 0 Å². The molecular formula is C49H65BiN2. The molecule has 52 heavy (non-hydrogen) atoms. The molecule has 0 N–H and O–H groups in total. The fourth-order valence-corrected chi connectivity index (χ4v) is 20.7. The van der Waals surface area contributed by atoms with Crippen LogP contribution >= 0.6 is 0 Å². The molecule has 0 aromatic heterocycles. The van der Waals surface area contributed by atoms with Gasteiger partial charge >= 0.3 is 328 Å². The van der Waals surface area contributed by atoms with Crippen molar-refractivity contribution in [2.24, 2.45) is 5.41 Å². The van der Waals surface area contributed by atoms with Crippen molar-refractivity contribution >= 4 is 39.4 Å². The SMILES string of the molecule is CCc1cccc(C2=C[CH]([Bi]([c]3cccc(CC)c3)[c]3cccc(CC)c3)C(CN(CC)CC)(CN(CC)CC)C(c3cccc(CC)c3)=C2C)c1. The van der Waals surface area contributed by atoms with E-state index in [0.29, 0.717) is 3.63 Å². The summed E-state index contributed by atoms with van der Waals surface area (Å²) in [7, 11) is 0. The first kappa shape index (κ1) is 40.4. The molecule has 1 atom stereocenters. The summed E-state index contributed by atoms with van der Waals surface area (Å²) >= 11 is -2.95. The minimum atomic E-state index is -2.95. The van der Waals surface area contributed by atoms with Crippen LogP contribution < -0.4 is 6.54 Å². The molecule has 0 bridgehead atoms. The Bertz CT molecular complexity index is 1760. The summed E-state index contributed by atoms with van der Waals surface area (Å²) in [6.07, 6.45) is 7.06. The number of benzene rings is 4. The molecule has 1 unspecified atom stereocenters. The Balaban J connectivity index is 1.98. The van der Waals surface area contributed by atoms with E-state index in [1.807, 2.05) is 0 Å². The van der Waals surface area contributed by atoms with Gasteiger partial charge in [0.15, 0.2) is 0 Å². The van der Waals surface area contributed by atoms with E-state index < -0.39 is 21.8 Å². The second kappa shape index (κ2) is 19.0. The molecule has 1 aliphatic carbocycles. The monoisotopic (exact) mass is 890 g/mol. The summed E-state index contributed by atoms with van der Waals surface area (Å²) in [4.78, 5) is 5.49. The maximum absolute atomic E-state index is 2.95. The number of rotatable bonds is 17. The van der Waals surface area contributed by atoms with Gasteiger partial charge in [0, 0.05) is 0 Å². The molecule has 4 aromatic carbocycles. The summed E-state index contributed by atoms with van der Waals surface area (Å²) in [5.74, 6) is 0. The van der Waals surface area contributed by atoms with E-state index in [1.165, 1.54) is 44.5 Å². The molecule has 0 amide bonds. The van der Waals surface area contributed by atoms with Crippen LogP contribution in [-0.2, 0) is 25.7 Å². The summed E-state index contributed by atoms with van der Waals surface area (Å²) in [6, 6.07) is 38.8. The predicted octanol–water partition coefficient (Wildman–Crippen LogP) is 10.2. The minimum absolute atomic E-state index is 0.108. The van der Waals surface area contributed by atoms with Crippen molar-refractivity contribution in [3.63, 3.8) is 0 Å². The van der Waals surface area contributed by atoms with E-state index in [-0.39, 0.29) is 5.41 Å². The molecule has 0 heterocycles. The molecule has 0 saturated heterocycles. The summed E-state index contributed by atoms with van der Waals surface area (Å²) < 4.78 is 3.66. The topological polar surface area (TPSA) is 6.48 Å². The van der Waals surface area contributed by atoms with Crippen molar-refractivity contribution < 1.29 is 0 Å². The first-order valence-electron chi connectivity index (χ1n) is 20.3. The third-order valence-corrected chi connectivity index (χ3v) is 22.9. The molecule has 0 spiro atoms. The van der Waals surface area contributed by atoms with E-state index in [2.05, 4.69) is 175 Å². The average Bonchev–Trinajstić information content (AvgIpc) is 3.20. The van der Waals surface area contributed by atoms with Gasteiger partial charge in [-0.25, -0.2) is 0 Å². The van der Waals surface area contributed by atoms with Crippen LogP contribution in [-0.4, -0.2) is 70.8 Å². The Morgan fingerprint density at radius 1 is 0.519 bits per heavy atom. The zero-order chi connectivity index (χ0) is 37.3. The van der Waals surface area contributed by atoms with Gasteiger partial charge in [-0.2, -0.15) is 0 Å². The van der Waals surface area contributed by atoms with Crippen molar-refractivity contribution in [1.82, 2.24) is 9.80 Å². The van der Waals surface area contributed by atoms with Crippen molar-refractivity contribution in [2.45, 2.75) is 91.6 Å². The summed E-state index contributed by atoms with van der Waals surface area (Å²) in [5, 5.41) is 0. The Kier molecular flexibility index (Phi) is 14.7. The van der Waals surface area contributed by atoms with Gasteiger partial charge in [-0.05, 0) is 0 Å². The standard InChI is InChI=1S/C33H47N2.2C8H9.Bi/c1-8-27-16-14-18-29(22-27)31-20-21-33(24-34(10-3)11-4,25-35(12-5)13-6)32(26(31)7)30-19-15-17-28(9-2)23-30;2*1-2-8-6-4-3-5-7-8;/h14-23H,8-13,24-25H2,1-7H3;2*3-4,6-7H,2H2,1H3;. The van der Waals surface area contributed by atoms with E-state index in [9.17, 15) is 0 Å². The van der Waals surface area contributed by atoms with Gasteiger partial charge < -0.3 is 0 Å². The van der Waals surface area contributed by atoms with Gasteiger partial charge in [-0.15, -0.1) is 0 Å². The third-order valence-electron chi connectivity index (χ3n) is 11.7. The Labute approximate surface area is 325 Å². The number of nitrogens with zero attached hydrogens (tertiary/aromatic N) is 2. The van der Waals surface area contributed by atoms with Gasteiger partial charge in [-0.1, -0.05) is 0 Å². The number of aryl methyl sites for hydroxylation is 4. The summed E-state index contributed by atoms with van der Waals surface area (Å²) in [6.45, 7) is 27.5. The second-order valence-corrected chi connectivity index (χ2v) is 23.7. The predicted molar refractivity (Wildman–Crippen MR) is 231 cm³/mol. The van der Waals surface area contributed by atoms with E-state index in [0.717, 1.165) is 65.0 Å². The van der Waals surface area contributed by atoms with Crippen LogP contribution in [0.5, 0.6) is 0 Å². The molecule has 2 nitrogen and oxygen atoms in total. The molecule has 5 rings (SSSR count). The number of hydrogen-bond donors (Lipinski definition) is 0. The number of hydrogen-bond acceptors (Lipinski definition) is 2. The van der Waals surface area contributed by atoms with Crippen molar-refractivity contribution in [3.05, 3.63) is 142 Å². The van der Waals surface area contributed by atoms with E-state index in [4.69, 9.17) is 0 Å². The quantitative estimate of drug-likeness (QED) is 0.0975. The number of allylic oxidation sites excluding steroid dienone is 3. The van der Waals surface area contributed by atoms with Gasteiger partial charge in [0.25, 0.3) is 0 Å². The van der Waals surface area contributed by atoms with Crippen molar-refractivity contribution in [2.75, 3.05) is 39.3 Å². The van der Waals surface area contributed by atoms with Crippen LogP contribution in [0.15, 0.2) is 109 Å². The van der Waals surface area contributed by atoms with E-state index >= 15 is 0 Å². The summed E-state index contributed by atoms with van der Waals surface area (Å²) in [5.41, 5.74) is 12.9. The van der Waals surface area contributed by atoms with Gasteiger partial charge in [-0.3, -0.25) is 0 Å². The maximum atomic E-state index is 2.85. The normalized spacial score (nSPS) is 15.9. The average molecular weight is 891 g/mol. The zero-order valence-electron chi connectivity index (χ0n) is 33.8. The molecule has 0 fully saturated rings. The van der Waals surface area contributed by atoms with Crippen LogP contribution in [0.2, 0.25) is 3.63 Å². The van der Waals surface area contributed by atoms with Crippen LogP contribution in [0.25, 0.3) is 11.1 Å². The molecule has 0 aliphatic heterocycles. The Morgan fingerprint density at radius 3 is 1.37 bits per heavy atom. The van der Waals surface area contributed by atoms with Crippen LogP contribution in [0.1, 0.15) is 95.7 Å². The Morgan fingerprint density at radius 2 is 0.923 bits per heavy atom. The first-order valence-corrected chi connectivity index (χ1v) is 25.8. The molecule has 276 valence electrons.